The van der Waals surface area contributed by atoms with E-state index in [-0.39, 0.29) is 6.04 Å². The van der Waals surface area contributed by atoms with Gasteiger partial charge in [0.25, 0.3) is 0 Å². The molecule has 1 unspecified atom stereocenters. The molecule has 0 fully saturated rings. The Morgan fingerprint density at radius 2 is 1.95 bits per heavy atom. The smallest absolute Gasteiger partial charge is 0.0468 e. The normalized spacial score (nSPS) is 12.6. The maximum absolute atomic E-state index is 6.32. The van der Waals surface area contributed by atoms with Crippen LogP contribution in [0.25, 0.3) is 0 Å². The average Bonchev–Trinajstić information content (AvgIpc) is 2.88. The van der Waals surface area contributed by atoms with Crippen LogP contribution in [0.1, 0.15) is 30.5 Å². The van der Waals surface area contributed by atoms with Gasteiger partial charge in [-0.15, -0.1) is 0 Å². The first-order valence-corrected chi connectivity index (χ1v) is 8.10. The zero-order chi connectivity index (χ0) is 13.7. The van der Waals surface area contributed by atoms with E-state index in [0.29, 0.717) is 0 Å². The second-order valence-electron chi connectivity index (χ2n) is 4.48. The fraction of sp³-hybridized carbons (Fsp3) is 0.333. The Hall–Kier alpha value is -0.540. The molecule has 0 aliphatic carbocycles. The van der Waals surface area contributed by atoms with E-state index in [2.05, 4.69) is 29.1 Å². The molecule has 1 aromatic carbocycles. The second kappa shape index (κ2) is 7.30. The Balaban J connectivity index is 2.26. The molecule has 0 aliphatic heterocycles. The molecule has 0 bridgehead atoms. The summed E-state index contributed by atoms with van der Waals surface area (Å²) in [5.74, 6) is 0. The number of hydrogen-bond donors (Lipinski definition) is 1. The van der Waals surface area contributed by atoms with E-state index in [9.17, 15) is 0 Å². The van der Waals surface area contributed by atoms with Gasteiger partial charge in [-0.2, -0.15) is 11.3 Å². The SMILES string of the molecule is CCCNC(Cc1ccsc1)c1c(Cl)cccc1Cl. The molecule has 0 saturated carbocycles. The predicted molar refractivity (Wildman–Crippen MR) is 85.5 cm³/mol. The van der Waals surface area contributed by atoms with Crippen LogP contribution in [0.2, 0.25) is 10.0 Å². The first-order chi connectivity index (χ1) is 9.22. The molecule has 1 heterocycles. The summed E-state index contributed by atoms with van der Waals surface area (Å²) in [4.78, 5) is 0. The lowest BCUT2D eigenvalue weighted by atomic mass is 10.00. The van der Waals surface area contributed by atoms with E-state index in [1.54, 1.807) is 11.3 Å². The number of thiophene rings is 1. The highest BCUT2D eigenvalue weighted by atomic mass is 35.5. The summed E-state index contributed by atoms with van der Waals surface area (Å²) in [6.07, 6.45) is 2.00. The van der Waals surface area contributed by atoms with Crippen molar-refractivity contribution < 1.29 is 0 Å². The van der Waals surface area contributed by atoms with Gasteiger partial charge in [0.1, 0.15) is 0 Å². The molecule has 0 amide bonds. The third-order valence-electron chi connectivity index (χ3n) is 3.01. The minimum Gasteiger partial charge on any atom is -0.310 e. The number of hydrogen-bond acceptors (Lipinski definition) is 2. The average molecular weight is 314 g/mol. The first-order valence-electron chi connectivity index (χ1n) is 6.40. The van der Waals surface area contributed by atoms with Gasteiger partial charge < -0.3 is 5.32 Å². The molecule has 0 spiro atoms. The minimum absolute atomic E-state index is 0.163. The minimum atomic E-state index is 0.163. The molecular formula is C15H17Cl2NS. The van der Waals surface area contributed by atoms with Crippen LogP contribution in [0.5, 0.6) is 0 Å². The molecule has 19 heavy (non-hydrogen) atoms. The summed E-state index contributed by atoms with van der Waals surface area (Å²) in [6.45, 7) is 3.11. The molecule has 4 heteroatoms. The monoisotopic (exact) mass is 313 g/mol. The molecule has 0 aliphatic rings. The molecule has 0 radical (unpaired) electrons. The largest absolute Gasteiger partial charge is 0.310 e. The lowest BCUT2D eigenvalue weighted by Gasteiger charge is -2.21. The van der Waals surface area contributed by atoms with Crippen molar-refractivity contribution in [3.05, 3.63) is 56.2 Å². The summed E-state index contributed by atoms with van der Waals surface area (Å²) in [7, 11) is 0. The zero-order valence-corrected chi connectivity index (χ0v) is 13.2. The van der Waals surface area contributed by atoms with Crippen LogP contribution in [0.15, 0.2) is 35.0 Å². The van der Waals surface area contributed by atoms with Crippen LogP contribution < -0.4 is 5.32 Å². The van der Waals surface area contributed by atoms with Crippen LogP contribution >= 0.6 is 34.5 Å². The van der Waals surface area contributed by atoms with E-state index < -0.39 is 0 Å². The first kappa shape index (κ1) is 14.9. The maximum atomic E-state index is 6.32. The Kier molecular flexibility index (Phi) is 5.71. The number of nitrogens with one attached hydrogen (secondary N) is 1. The van der Waals surface area contributed by atoms with Gasteiger partial charge in [0.2, 0.25) is 0 Å². The Bertz CT molecular complexity index is 491. The fourth-order valence-electron chi connectivity index (χ4n) is 2.08. The van der Waals surface area contributed by atoms with Crippen molar-refractivity contribution in [1.29, 1.82) is 0 Å². The molecule has 1 aromatic heterocycles. The van der Waals surface area contributed by atoms with Crippen LogP contribution in [-0.2, 0) is 6.42 Å². The van der Waals surface area contributed by atoms with Crippen molar-refractivity contribution in [3.63, 3.8) is 0 Å². The molecular weight excluding hydrogens is 297 g/mol. The van der Waals surface area contributed by atoms with Crippen LogP contribution in [0, 0.1) is 0 Å². The number of halogens is 2. The lowest BCUT2D eigenvalue weighted by Crippen LogP contribution is -2.24. The molecule has 102 valence electrons. The summed E-state index contributed by atoms with van der Waals surface area (Å²) in [5.41, 5.74) is 2.32. The summed E-state index contributed by atoms with van der Waals surface area (Å²) in [5, 5.41) is 9.28. The molecule has 0 saturated heterocycles. The van der Waals surface area contributed by atoms with Crippen molar-refractivity contribution in [2.24, 2.45) is 0 Å². The fourth-order valence-corrected chi connectivity index (χ4v) is 3.43. The van der Waals surface area contributed by atoms with Gasteiger partial charge in [0.05, 0.1) is 0 Å². The summed E-state index contributed by atoms with van der Waals surface area (Å²) >= 11 is 14.4. The third-order valence-corrected chi connectivity index (χ3v) is 4.40. The molecule has 1 nitrogen and oxygen atoms in total. The van der Waals surface area contributed by atoms with Crippen LogP contribution in [0.4, 0.5) is 0 Å². The van der Waals surface area contributed by atoms with E-state index >= 15 is 0 Å². The highest BCUT2D eigenvalue weighted by Crippen LogP contribution is 2.32. The van der Waals surface area contributed by atoms with Gasteiger partial charge in [-0.25, -0.2) is 0 Å². The molecule has 1 N–H and O–H groups in total. The van der Waals surface area contributed by atoms with Gasteiger partial charge in [-0.05, 0) is 53.9 Å². The molecule has 2 aromatic rings. The van der Waals surface area contributed by atoms with E-state index in [1.807, 2.05) is 18.2 Å². The number of benzene rings is 1. The van der Waals surface area contributed by atoms with E-state index in [4.69, 9.17) is 23.2 Å². The van der Waals surface area contributed by atoms with Crippen molar-refractivity contribution in [1.82, 2.24) is 5.32 Å². The van der Waals surface area contributed by atoms with Crippen LogP contribution in [0.3, 0.4) is 0 Å². The predicted octanol–water partition coefficient (Wildman–Crippen LogP) is 5.34. The standard InChI is InChI=1S/C15H17Cl2NS/c1-2-7-18-14(9-11-6-8-19-10-11)15-12(16)4-3-5-13(15)17/h3-6,8,10,14,18H,2,7,9H2,1H3. The summed E-state index contributed by atoms with van der Waals surface area (Å²) < 4.78 is 0. The highest BCUT2D eigenvalue weighted by Gasteiger charge is 2.18. The van der Waals surface area contributed by atoms with Crippen molar-refractivity contribution >= 4 is 34.5 Å². The van der Waals surface area contributed by atoms with Crippen LogP contribution in [-0.4, -0.2) is 6.54 Å². The highest BCUT2D eigenvalue weighted by molar-refractivity contribution is 7.07. The van der Waals surface area contributed by atoms with Gasteiger partial charge in [-0.1, -0.05) is 36.2 Å². The topological polar surface area (TPSA) is 12.0 Å². The van der Waals surface area contributed by atoms with Crippen molar-refractivity contribution in [2.45, 2.75) is 25.8 Å². The Morgan fingerprint density at radius 1 is 1.21 bits per heavy atom. The second-order valence-corrected chi connectivity index (χ2v) is 6.07. The molecule has 2 rings (SSSR count). The van der Waals surface area contributed by atoms with E-state index in [0.717, 1.165) is 35.0 Å². The molecule has 1 atom stereocenters. The lowest BCUT2D eigenvalue weighted by molar-refractivity contribution is 0.530. The maximum Gasteiger partial charge on any atom is 0.0468 e. The third kappa shape index (κ3) is 3.96. The van der Waals surface area contributed by atoms with Crippen molar-refractivity contribution in [2.75, 3.05) is 6.54 Å². The van der Waals surface area contributed by atoms with Gasteiger partial charge in [0, 0.05) is 21.7 Å². The zero-order valence-electron chi connectivity index (χ0n) is 10.8. The number of rotatable bonds is 6. The van der Waals surface area contributed by atoms with Gasteiger partial charge >= 0.3 is 0 Å². The Morgan fingerprint density at radius 3 is 2.53 bits per heavy atom. The van der Waals surface area contributed by atoms with Gasteiger partial charge in [-0.3, -0.25) is 0 Å². The quantitative estimate of drug-likeness (QED) is 0.759. The van der Waals surface area contributed by atoms with E-state index in [1.165, 1.54) is 5.56 Å². The summed E-state index contributed by atoms with van der Waals surface area (Å²) in [6, 6.07) is 8.00. The Labute approximate surface area is 128 Å². The van der Waals surface area contributed by atoms with Gasteiger partial charge in [0.15, 0.2) is 0 Å². The van der Waals surface area contributed by atoms with Crippen molar-refractivity contribution in [3.8, 4) is 0 Å².